The van der Waals surface area contributed by atoms with Crippen molar-refractivity contribution in [3.8, 4) is 0 Å². The van der Waals surface area contributed by atoms with Gasteiger partial charge in [-0.3, -0.25) is 23.7 Å². The maximum absolute atomic E-state index is 14.1. The number of thiophene rings is 1. The maximum atomic E-state index is 14.1. The van der Waals surface area contributed by atoms with Crippen molar-refractivity contribution >= 4 is 52.6 Å². The number of morpholine rings is 1. The number of carbonyl (C=O) groups is 4. The minimum absolute atomic E-state index is 0.0324. The zero-order valence-corrected chi connectivity index (χ0v) is 26.0. The molecule has 3 N–H and O–H groups in total. The van der Waals surface area contributed by atoms with Crippen LogP contribution in [0.2, 0.25) is 0 Å². The Morgan fingerprint density at radius 2 is 1.73 bits per heavy atom. The highest BCUT2D eigenvalue weighted by Crippen LogP contribution is 2.49. The van der Waals surface area contributed by atoms with Gasteiger partial charge in [-0.15, -0.1) is 11.3 Å². The lowest BCUT2D eigenvalue weighted by atomic mass is 9.96. The van der Waals surface area contributed by atoms with Crippen molar-refractivity contribution in [2.45, 2.75) is 56.4 Å². The zero-order chi connectivity index (χ0) is 30.7. The molecule has 1 saturated carbocycles. The molecule has 4 aliphatic heterocycles. The highest BCUT2D eigenvalue weighted by Gasteiger charge is 2.53. The molecule has 0 spiro atoms. The van der Waals surface area contributed by atoms with E-state index in [0.717, 1.165) is 24.0 Å². The van der Waals surface area contributed by atoms with Gasteiger partial charge in [-0.05, 0) is 73.1 Å². The first-order valence-electron chi connectivity index (χ1n) is 15.4. The number of nitrogens with one attached hydrogen (secondary N) is 1. The molecule has 5 aliphatic rings. The molecule has 5 heterocycles. The van der Waals surface area contributed by atoms with Gasteiger partial charge in [0.1, 0.15) is 12.1 Å². The molecule has 4 saturated heterocycles. The first kappa shape index (κ1) is 29.9. The molecule has 1 unspecified atom stereocenters. The number of benzene rings is 1. The quantitative estimate of drug-likeness (QED) is 0.402. The van der Waals surface area contributed by atoms with E-state index in [2.05, 4.69) is 5.32 Å². The molecule has 12 nitrogen and oxygen atoms in total. The molecule has 1 aliphatic carbocycles. The Kier molecular flexibility index (Phi) is 7.81. The Labute approximate surface area is 258 Å². The molecule has 0 bridgehead atoms. The monoisotopic (exact) mass is 644 g/mol. The summed E-state index contributed by atoms with van der Waals surface area (Å²) in [5.74, 6) is 0.0130. The lowest BCUT2D eigenvalue weighted by Gasteiger charge is -2.44. The third kappa shape index (κ3) is 5.92. The van der Waals surface area contributed by atoms with E-state index in [1.807, 2.05) is 0 Å². The minimum Gasteiger partial charge on any atom is -0.378 e. The smallest absolute Gasteiger partial charge is 0.329 e. The van der Waals surface area contributed by atoms with Gasteiger partial charge in [-0.1, -0.05) is 6.07 Å². The standard InChI is InChI=1S/C30H37N4O8PS/c35-27(26-13-20-9-17(16-43(39,40)41)1-4-25(20)44-26)31-23-12-19-10-18(19)11-22-2-3-24(34(22)29(23)37)30(38)33-14-21(15-33)28(36)32-5-7-42-8-6-32/h1,4,9,13,18-19,21-24H,2-3,5-8,10-12,14-16H2,(H,31,35)(H2,39,40,41)/t18-,19+,22-,23?,24+/m1/s1. The van der Waals surface area contributed by atoms with Crippen LogP contribution in [-0.4, -0.2) is 106 Å². The molecule has 236 valence electrons. The Bertz CT molecular complexity index is 1550. The number of hydrogen-bond acceptors (Lipinski definition) is 7. The van der Waals surface area contributed by atoms with Gasteiger partial charge in [-0.25, -0.2) is 0 Å². The highest BCUT2D eigenvalue weighted by atomic mass is 32.1. The molecule has 0 radical (unpaired) electrons. The van der Waals surface area contributed by atoms with E-state index in [0.29, 0.717) is 79.9 Å². The number of ether oxygens (including phenoxy) is 1. The zero-order valence-electron chi connectivity index (χ0n) is 24.3. The van der Waals surface area contributed by atoms with Crippen LogP contribution in [0, 0.1) is 17.8 Å². The second-order valence-corrected chi connectivity index (χ2v) is 15.7. The summed E-state index contributed by atoms with van der Waals surface area (Å²) < 4.78 is 17.6. The molecule has 14 heteroatoms. The van der Waals surface area contributed by atoms with Crippen LogP contribution in [-0.2, 0) is 29.8 Å². The molecule has 5 atom stereocenters. The number of hydrogen-bond donors (Lipinski definition) is 3. The van der Waals surface area contributed by atoms with E-state index in [4.69, 9.17) is 4.74 Å². The van der Waals surface area contributed by atoms with Crippen LogP contribution in [0.1, 0.15) is 47.3 Å². The molecule has 44 heavy (non-hydrogen) atoms. The SMILES string of the molecule is O=C(NC1C[C@@H]2C[C@@H]2C[C@H]2CC[C@@H](C(=O)N3CC(C(=O)N4CCOCC4)C3)N2C1=O)c1cc2cc(CP(=O)(O)O)ccc2s1. The molecule has 4 amide bonds. The molecular formula is C30H37N4O8PS. The highest BCUT2D eigenvalue weighted by molar-refractivity contribution is 7.50. The van der Waals surface area contributed by atoms with Crippen LogP contribution >= 0.6 is 18.9 Å². The number of carbonyl (C=O) groups excluding carboxylic acids is 4. The minimum atomic E-state index is -4.22. The molecule has 5 fully saturated rings. The number of nitrogens with zero attached hydrogens (tertiary/aromatic N) is 3. The summed E-state index contributed by atoms with van der Waals surface area (Å²) in [4.78, 5) is 78.4. The van der Waals surface area contributed by atoms with E-state index in [1.54, 1.807) is 39.0 Å². The lowest BCUT2D eigenvalue weighted by molar-refractivity contribution is -0.156. The topological polar surface area (TPSA) is 157 Å². The van der Waals surface area contributed by atoms with Crippen LogP contribution < -0.4 is 5.32 Å². The molecule has 1 aromatic heterocycles. The summed E-state index contributed by atoms with van der Waals surface area (Å²) in [6.07, 6.45) is 3.40. The van der Waals surface area contributed by atoms with Gasteiger partial charge in [0.05, 0.1) is 30.2 Å². The van der Waals surface area contributed by atoms with Crippen molar-refractivity contribution in [1.29, 1.82) is 0 Å². The molecule has 2 aromatic rings. The Morgan fingerprint density at radius 1 is 0.977 bits per heavy atom. The van der Waals surface area contributed by atoms with E-state index < -0.39 is 19.7 Å². The van der Waals surface area contributed by atoms with Gasteiger partial charge < -0.3 is 34.5 Å². The second-order valence-electron chi connectivity index (χ2n) is 12.9. The fraction of sp³-hybridized carbons (Fsp3) is 0.600. The predicted octanol–water partition coefficient (Wildman–Crippen LogP) is 1.78. The van der Waals surface area contributed by atoms with Crippen molar-refractivity contribution < 1.29 is 38.3 Å². The van der Waals surface area contributed by atoms with Gasteiger partial charge >= 0.3 is 7.60 Å². The number of fused-ring (bicyclic) bond motifs is 3. The average molecular weight is 645 g/mol. The number of amides is 4. The largest absolute Gasteiger partial charge is 0.378 e. The summed E-state index contributed by atoms with van der Waals surface area (Å²) in [6.45, 7) is 2.94. The fourth-order valence-electron chi connectivity index (χ4n) is 7.47. The number of rotatable bonds is 6. The third-order valence-electron chi connectivity index (χ3n) is 9.89. The summed E-state index contributed by atoms with van der Waals surface area (Å²) in [5, 5.41) is 3.69. The van der Waals surface area contributed by atoms with Crippen molar-refractivity contribution in [3.05, 3.63) is 34.7 Å². The first-order chi connectivity index (χ1) is 21.0. The average Bonchev–Trinajstić information content (AvgIpc) is 3.33. The normalized spacial score (nSPS) is 29.0. The van der Waals surface area contributed by atoms with Crippen LogP contribution in [0.25, 0.3) is 10.1 Å². The first-order valence-corrected chi connectivity index (χ1v) is 18.0. The van der Waals surface area contributed by atoms with Crippen LogP contribution in [0.5, 0.6) is 0 Å². The molecular weight excluding hydrogens is 607 g/mol. The fourth-order valence-corrected chi connectivity index (χ4v) is 9.09. The lowest BCUT2D eigenvalue weighted by Crippen LogP contribution is -2.62. The second kappa shape index (κ2) is 11.5. The summed E-state index contributed by atoms with van der Waals surface area (Å²) in [6, 6.07) is 5.41. The molecule has 1 aromatic carbocycles. The van der Waals surface area contributed by atoms with Crippen molar-refractivity contribution in [3.63, 3.8) is 0 Å². The van der Waals surface area contributed by atoms with Gasteiger partial charge in [0.15, 0.2) is 0 Å². The van der Waals surface area contributed by atoms with Crippen LogP contribution in [0.3, 0.4) is 0 Å². The summed E-state index contributed by atoms with van der Waals surface area (Å²) in [7, 11) is -4.22. The van der Waals surface area contributed by atoms with E-state index in [9.17, 15) is 33.5 Å². The van der Waals surface area contributed by atoms with Crippen molar-refractivity contribution in [1.82, 2.24) is 20.0 Å². The van der Waals surface area contributed by atoms with Gasteiger partial charge in [-0.2, -0.15) is 0 Å². The summed E-state index contributed by atoms with van der Waals surface area (Å²) >= 11 is 1.26. The van der Waals surface area contributed by atoms with Gasteiger partial charge in [0.2, 0.25) is 17.7 Å². The van der Waals surface area contributed by atoms with E-state index in [-0.39, 0.29) is 41.8 Å². The Morgan fingerprint density at radius 3 is 2.48 bits per heavy atom. The van der Waals surface area contributed by atoms with Crippen LogP contribution in [0.4, 0.5) is 0 Å². The van der Waals surface area contributed by atoms with E-state index in [1.165, 1.54) is 11.3 Å². The predicted molar refractivity (Wildman–Crippen MR) is 161 cm³/mol. The maximum Gasteiger partial charge on any atom is 0.329 e. The Balaban J connectivity index is 1.03. The third-order valence-corrected chi connectivity index (χ3v) is 11.8. The van der Waals surface area contributed by atoms with Gasteiger partial charge in [0.25, 0.3) is 5.91 Å². The Hall–Kier alpha value is -2.83. The van der Waals surface area contributed by atoms with Crippen LogP contribution in [0.15, 0.2) is 24.3 Å². The van der Waals surface area contributed by atoms with Gasteiger partial charge in [0, 0.05) is 36.9 Å². The number of likely N-dealkylation sites (tertiary alicyclic amines) is 1. The summed E-state index contributed by atoms with van der Waals surface area (Å²) in [5.41, 5.74) is 0.486. The van der Waals surface area contributed by atoms with Crippen molar-refractivity contribution in [2.75, 3.05) is 39.4 Å². The van der Waals surface area contributed by atoms with Crippen molar-refractivity contribution in [2.24, 2.45) is 17.8 Å². The van der Waals surface area contributed by atoms with E-state index >= 15 is 0 Å². The molecule has 7 rings (SSSR count).